The summed E-state index contributed by atoms with van der Waals surface area (Å²) in [5, 5.41) is 0. The summed E-state index contributed by atoms with van der Waals surface area (Å²) in [6.07, 6.45) is 13.5. The SMILES string of the molecule is c1cc(-c2cncnc2)c(-c2ccncn2)c(-c2cncnc2)c1. The zero-order chi connectivity index (χ0) is 16.2. The summed E-state index contributed by atoms with van der Waals surface area (Å²) in [5.41, 5.74) is 5.63. The van der Waals surface area contributed by atoms with Crippen LogP contribution in [0.4, 0.5) is 0 Å². The third-order valence-corrected chi connectivity index (χ3v) is 3.65. The Balaban J connectivity index is 2.02. The Labute approximate surface area is 138 Å². The molecule has 0 amide bonds. The number of rotatable bonds is 3. The van der Waals surface area contributed by atoms with Crippen LogP contribution in [0.1, 0.15) is 0 Å². The van der Waals surface area contributed by atoms with Crippen molar-refractivity contribution < 1.29 is 0 Å². The highest BCUT2D eigenvalue weighted by molar-refractivity contribution is 5.92. The quantitative estimate of drug-likeness (QED) is 0.578. The molecule has 0 aliphatic carbocycles. The average molecular weight is 312 g/mol. The van der Waals surface area contributed by atoms with Crippen LogP contribution in [-0.4, -0.2) is 29.9 Å². The Morgan fingerprint density at radius 3 is 1.67 bits per heavy atom. The lowest BCUT2D eigenvalue weighted by Gasteiger charge is -2.14. The monoisotopic (exact) mass is 312 g/mol. The molecule has 4 aromatic rings. The molecule has 0 bridgehead atoms. The van der Waals surface area contributed by atoms with Crippen LogP contribution >= 0.6 is 0 Å². The van der Waals surface area contributed by atoms with Crippen molar-refractivity contribution in [1.29, 1.82) is 0 Å². The topological polar surface area (TPSA) is 77.3 Å². The number of aromatic nitrogens is 6. The van der Waals surface area contributed by atoms with E-state index in [1.54, 1.807) is 37.3 Å². The molecule has 0 radical (unpaired) electrons. The largest absolute Gasteiger partial charge is 0.245 e. The number of hydrogen-bond donors (Lipinski definition) is 0. The summed E-state index contributed by atoms with van der Waals surface area (Å²) in [5.74, 6) is 0. The first-order chi connectivity index (χ1) is 11.9. The van der Waals surface area contributed by atoms with Crippen molar-refractivity contribution in [2.24, 2.45) is 0 Å². The molecule has 114 valence electrons. The Bertz CT molecular complexity index is 885. The van der Waals surface area contributed by atoms with E-state index in [-0.39, 0.29) is 0 Å². The fraction of sp³-hybridized carbons (Fsp3) is 0. The molecule has 0 fully saturated rings. The maximum atomic E-state index is 4.43. The van der Waals surface area contributed by atoms with Crippen LogP contribution in [0, 0.1) is 0 Å². The third kappa shape index (κ3) is 2.61. The highest BCUT2D eigenvalue weighted by Gasteiger charge is 2.15. The predicted molar refractivity (Wildman–Crippen MR) is 89.5 cm³/mol. The van der Waals surface area contributed by atoms with Crippen molar-refractivity contribution in [3.05, 3.63) is 74.2 Å². The highest BCUT2D eigenvalue weighted by Crippen LogP contribution is 2.38. The summed E-state index contributed by atoms with van der Waals surface area (Å²) in [6.45, 7) is 0. The van der Waals surface area contributed by atoms with Gasteiger partial charge in [0.2, 0.25) is 0 Å². The van der Waals surface area contributed by atoms with Crippen LogP contribution in [0.15, 0.2) is 74.2 Å². The molecule has 0 N–H and O–H groups in total. The van der Waals surface area contributed by atoms with Crippen LogP contribution in [-0.2, 0) is 0 Å². The smallest absolute Gasteiger partial charge is 0.116 e. The molecular weight excluding hydrogens is 300 g/mol. The van der Waals surface area contributed by atoms with E-state index in [4.69, 9.17) is 0 Å². The second-order valence-corrected chi connectivity index (χ2v) is 5.08. The summed E-state index contributed by atoms with van der Waals surface area (Å²) >= 11 is 0. The molecule has 0 aliphatic heterocycles. The summed E-state index contributed by atoms with van der Waals surface area (Å²) in [7, 11) is 0. The Hall–Kier alpha value is -3.54. The minimum Gasteiger partial charge on any atom is -0.245 e. The molecule has 0 unspecified atom stereocenters. The molecule has 0 atom stereocenters. The number of hydrogen-bond acceptors (Lipinski definition) is 6. The molecule has 0 aliphatic rings. The van der Waals surface area contributed by atoms with Gasteiger partial charge in [-0.05, 0) is 17.2 Å². The second-order valence-electron chi connectivity index (χ2n) is 5.08. The molecule has 3 aromatic heterocycles. The average Bonchev–Trinajstić information content (AvgIpc) is 2.69. The zero-order valence-corrected chi connectivity index (χ0v) is 12.6. The van der Waals surface area contributed by atoms with E-state index in [0.717, 1.165) is 33.5 Å². The first kappa shape index (κ1) is 14.1. The van der Waals surface area contributed by atoms with Gasteiger partial charge < -0.3 is 0 Å². The van der Waals surface area contributed by atoms with Gasteiger partial charge in [-0.15, -0.1) is 0 Å². The van der Waals surface area contributed by atoms with E-state index in [9.17, 15) is 0 Å². The predicted octanol–water partition coefficient (Wildman–Crippen LogP) is 3.06. The van der Waals surface area contributed by atoms with Crippen molar-refractivity contribution in [3.63, 3.8) is 0 Å². The Morgan fingerprint density at radius 2 is 1.17 bits per heavy atom. The van der Waals surface area contributed by atoms with Crippen molar-refractivity contribution >= 4 is 0 Å². The van der Waals surface area contributed by atoms with Crippen LogP contribution in [0.2, 0.25) is 0 Å². The molecule has 6 nitrogen and oxygen atoms in total. The molecular formula is C18H12N6. The van der Waals surface area contributed by atoms with E-state index >= 15 is 0 Å². The van der Waals surface area contributed by atoms with Crippen LogP contribution in [0.25, 0.3) is 33.5 Å². The molecule has 4 rings (SSSR count). The molecule has 0 saturated heterocycles. The van der Waals surface area contributed by atoms with Gasteiger partial charge in [-0.1, -0.05) is 18.2 Å². The van der Waals surface area contributed by atoms with Gasteiger partial charge in [0.25, 0.3) is 0 Å². The highest BCUT2D eigenvalue weighted by atomic mass is 14.8. The van der Waals surface area contributed by atoms with Crippen molar-refractivity contribution in [1.82, 2.24) is 29.9 Å². The van der Waals surface area contributed by atoms with Gasteiger partial charge in [0.15, 0.2) is 0 Å². The van der Waals surface area contributed by atoms with Gasteiger partial charge in [-0.3, -0.25) is 0 Å². The maximum absolute atomic E-state index is 4.43. The lowest BCUT2D eigenvalue weighted by Crippen LogP contribution is -1.94. The van der Waals surface area contributed by atoms with Gasteiger partial charge in [0, 0.05) is 47.7 Å². The van der Waals surface area contributed by atoms with Crippen molar-refractivity contribution in [2.45, 2.75) is 0 Å². The third-order valence-electron chi connectivity index (χ3n) is 3.65. The summed E-state index contributed by atoms with van der Waals surface area (Å²) in [6, 6.07) is 7.94. The molecule has 24 heavy (non-hydrogen) atoms. The Morgan fingerprint density at radius 1 is 0.583 bits per heavy atom. The number of benzene rings is 1. The normalized spacial score (nSPS) is 10.5. The van der Waals surface area contributed by atoms with E-state index in [2.05, 4.69) is 29.9 Å². The van der Waals surface area contributed by atoms with Gasteiger partial charge >= 0.3 is 0 Å². The van der Waals surface area contributed by atoms with Gasteiger partial charge in [-0.25, -0.2) is 29.9 Å². The van der Waals surface area contributed by atoms with Crippen LogP contribution in [0.3, 0.4) is 0 Å². The molecule has 6 heteroatoms. The molecule has 0 spiro atoms. The second kappa shape index (κ2) is 6.29. The van der Waals surface area contributed by atoms with Crippen LogP contribution in [0.5, 0.6) is 0 Å². The van der Waals surface area contributed by atoms with Crippen molar-refractivity contribution in [3.8, 4) is 33.5 Å². The standard InChI is InChI=1S/C18H12N6/c1-2-15(13-6-20-10-21-7-13)18(17-4-5-19-12-24-17)16(3-1)14-8-22-11-23-9-14/h1-12H. The van der Waals surface area contributed by atoms with E-state index in [1.807, 2.05) is 24.3 Å². The minimum atomic E-state index is 0.823. The number of nitrogens with zero attached hydrogens (tertiary/aromatic N) is 6. The van der Waals surface area contributed by atoms with E-state index in [1.165, 1.54) is 12.7 Å². The lowest BCUT2D eigenvalue weighted by atomic mass is 9.92. The Kier molecular flexibility index (Phi) is 3.69. The summed E-state index contributed by atoms with van der Waals surface area (Å²) in [4.78, 5) is 25.0. The van der Waals surface area contributed by atoms with Crippen LogP contribution < -0.4 is 0 Å². The van der Waals surface area contributed by atoms with Gasteiger partial charge in [0.05, 0.1) is 5.69 Å². The molecule has 1 aromatic carbocycles. The molecule has 0 saturated carbocycles. The lowest BCUT2D eigenvalue weighted by molar-refractivity contribution is 1.16. The van der Waals surface area contributed by atoms with Gasteiger partial charge in [-0.2, -0.15) is 0 Å². The van der Waals surface area contributed by atoms with Crippen molar-refractivity contribution in [2.75, 3.05) is 0 Å². The molecule has 3 heterocycles. The zero-order valence-electron chi connectivity index (χ0n) is 12.6. The first-order valence-corrected chi connectivity index (χ1v) is 7.33. The minimum absolute atomic E-state index is 0.823. The fourth-order valence-electron chi connectivity index (χ4n) is 2.62. The van der Waals surface area contributed by atoms with Gasteiger partial charge in [0.1, 0.15) is 19.0 Å². The fourth-order valence-corrected chi connectivity index (χ4v) is 2.62. The first-order valence-electron chi connectivity index (χ1n) is 7.33. The van der Waals surface area contributed by atoms with E-state index in [0.29, 0.717) is 0 Å². The van der Waals surface area contributed by atoms with E-state index < -0.39 is 0 Å². The maximum Gasteiger partial charge on any atom is 0.116 e. The summed E-state index contributed by atoms with van der Waals surface area (Å²) < 4.78 is 0.